The molecule has 4 rings (SSSR count). The molecule has 0 unspecified atom stereocenters. The molecule has 3 aromatic rings. The van der Waals surface area contributed by atoms with Crippen LogP contribution >= 0.6 is 0 Å². The van der Waals surface area contributed by atoms with Gasteiger partial charge in [0.2, 0.25) is 0 Å². The highest BCUT2D eigenvalue weighted by atomic mass is 19.1. The van der Waals surface area contributed by atoms with Crippen LogP contribution in [0.5, 0.6) is 0 Å². The van der Waals surface area contributed by atoms with Gasteiger partial charge in [-0.3, -0.25) is 4.90 Å². The lowest BCUT2D eigenvalue weighted by molar-refractivity contribution is 0.137. The van der Waals surface area contributed by atoms with Gasteiger partial charge in [0.1, 0.15) is 41.4 Å². The number of pyridine rings is 1. The summed E-state index contributed by atoms with van der Waals surface area (Å²) < 4.78 is 62.6. The van der Waals surface area contributed by atoms with Crippen molar-refractivity contribution in [3.05, 3.63) is 77.4 Å². The molecule has 2 heterocycles. The van der Waals surface area contributed by atoms with Crippen LogP contribution in [0.1, 0.15) is 5.56 Å². The van der Waals surface area contributed by atoms with Gasteiger partial charge in [-0.1, -0.05) is 6.07 Å². The molecule has 3 amide bonds. The number of hydrogen-bond donors (Lipinski definition) is 3. The normalized spacial score (nSPS) is 13.6. The number of hydrogen-bond acceptors (Lipinski definition) is 6. The van der Waals surface area contributed by atoms with Crippen LogP contribution in [0.4, 0.5) is 38.7 Å². The predicted molar refractivity (Wildman–Crippen MR) is 135 cm³/mol. The molecule has 206 valence electrons. The molecular weight excluding hydrogens is 520 g/mol. The zero-order valence-corrected chi connectivity index (χ0v) is 20.7. The van der Waals surface area contributed by atoms with Crippen molar-refractivity contribution in [2.24, 2.45) is 5.73 Å². The Kier molecular flexibility index (Phi) is 8.94. The second-order valence-electron chi connectivity index (χ2n) is 8.64. The van der Waals surface area contributed by atoms with E-state index < -0.39 is 41.1 Å². The monoisotopic (exact) mass is 546 g/mol. The fourth-order valence-corrected chi connectivity index (χ4v) is 4.12. The highest BCUT2D eigenvalue weighted by Gasteiger charge is 2.26. The molecule has 4 N–H and O–H groups in total. The summed E-state index contributed by atoms with van der Waals surface area (Å²) in [7, 11) is 0. The third-order valence-electron chi connectivity index (χ3n) is 6.03. The van der Waals surface area contributed by atoms with Gasteiger partial charge in [-0.2, -0.15) is 0 Å². The summed E-state index contributed by atoms with van der Waals surface area (Å²) in [6.45, 7) is 4.07. The van der Waals surface area contributed by atoms with Gasteiger partial charge < -0.3 is 21.1 Å². The van der Waals surface area contributed by atoms with E-state index >= 15 is 0 Å². The molecule has 2 aromatic carbocycles. The van der Waals surface area contributed by atoms with E-state index in [0.717, 1.165) is 56.5 Å². The number of aromatic nitrogens is 1. The number of anilines is 2. The maximum Gasteiger partial charge on any atom is 0.407 e. The van der Waals surface area contributed by atoms with Crippen molar-refractivity contribution in [1.82, 2.24) is 20.5 Å². The van der Waals surface area contributed by atoms with Gasteiger partial charge in [0, 0.05) is 56.5 Å². The third kappa shape index (κ3) is 6.81. The first-order valence-electron chi connectivity index (χ1n) is 12.1. The molecule has 1 aromatic heterocycles. The maximum absolute atomic E-state index is 14.8. The summed E-state index contributed by atoms with van der Waals surface area (Å²) >= 11 is 0. The van der Waals surface area contributed by atoms with Crippen molar-refractivity contribution in [3.8, 4) is 11.3 Å². The number of piperazine rings is 1. The zero-order valence-electron chi connectivity index (χ0n) is 20.7. The van der Waals surface area contributed by atoms with E-state index in [1.54, 1.807) is 0 Å². The number of primary amides is 1. The van der Waals surface area contributed by atoms with E-state index in [2.05, 4.69) is 20.5 Å². The van der Waals surface area contributed by atoms with Crippen LogP contribution in [0.25, 0.3) is 11.3 Å². The smallest absolute Gasteiger partial charge is 0.407 e. The molecule has 1 saturated heterocycles. The number of ether oxygens (including phenoxy) is 1. The van der Waals surface area contributed by atoms with E-state index in [-0.39, 0.29) is 29.2 Å². The quantitative estimate of drug-likeness (QED) is 0.372. The largest absolute Gasteiger partial charge is 0.445 e. The molecule has 13 heteroatoms. The van der Waals surface area contributed by atoms with Gasteiger partial charge in [0.25, 0.3) is 0 Å². The number of rotatable bonds is 8. The third-order valence-corrected chi connectivity index (χ3v) is 6.03. The predicted octanol–water partition coefficient (Wildman–Crippen LogP) is 3.65. The molecule has 9 nitrogen and oxygen atoms in total. The first-order chi connectivity index (χ1) is 18.7. The number of nitrogens with two attached hydrogens (primary N) is 1. The SMILES string of the molecule is NC(=O)N(c1ccc(COC(=O)NCCN2CCNCC2)c(-c2ccc(F)cc2F)n1)c1c(F)cccc1F. The van der Waals surface area contributed by atoms with Crippen LogP contribution in [-0.2, 0) is 11.3 Å². The number of urea groups is 1. The summed E-state index contributed by atoms with van der Waals surface area (Å²) in [6, 6.07) is 6.97. The summed E-state index contributed by atoms with van der Waals surface area (Å²) in [5, 5.41) is 5.87. The molecule has 1 fully saturated rings. The number of benzene rings is 2. The number of para-hydroxylation sites is 1. The first-order valence-corrected chi connectivity index (χ1v) is 12.1. The molecule has 0 bridgehead atoms. The summed E-state index contributed by atoms with van der Waals surface area (Å²) in [5.41, 5.74) is 4.47. The van der Waals surface area contributed by atoms with E-state index in [9.17, 15) is 27.2 Å². The number of amides is 3. The Balaban J connectivity index is 1.60. The Morgan fingerprint density at radius 1 is 1.03 bits per heavy atom. The number of alkyl carbamates (subject to hydrolysis) is 1. The molecule has 0 saturated carbocycles. The summed E-state index contributed by atoms with van der Waals surface area (Å²) in [4.78, 5) is 31.4. The van der Waals surface area contributed by atoms with Crippen molar-refractivity contribution in [2.45, 2.75) is 6.61 Å². The Morgan fingerprint density at radius 3 is 2.41 bits per heavy atom. The first kappa shape index (κ1) is 27.8. The van der Waals surface area contributed by atoms with Gasteiger partial charge in [-0.15, -0.1) is 0 Å². The lowest BCUT2D eigenvalue weighted by atomic mass is 10.1. The highest BCUT2D eigenvalue weighted by Crippen LogP contribution is 2.33. The van der Waals surface area contributed by atoms with Crippen molar-refractivity contribution in [3.63, 3.8) is 0 Å². The molecule has 0 aliphatic carbocycles. The van der Waals surface area contributed by atoms with Crippen LogP contribution < -0.4 is 21.3 Å². The highest BCUT2D eigenvalue weighted by molar-refractivity contribution is 5.98. The molecular formula is C26H26F4N6O3. The number of nitrogens with one attached hydrogen (secondary N) is 2. The maximum atomic E-state index is 14.8. The van der Waals surface area contributed by atoms with Crippen molar-refractivity contribution < 1.29 is 31.9 Å². The lowest BCUT2D eigenvalue weighted by Crippen LogP contribution is -2.46. The molecule has 0 atom stereocenters. The Hall–Kier alpha value is -4.23. The Bertz CT molecular complexity index is 1330. The van der Waals surface area contributed by atoms with Crippen molar-refractivity contribution in [2.75, 3.05) is 44.2 Å². The van der Waals surface area contributed by atoms with Crippen molar-refractivity contribution >= 4 is 23.6 Å². The van der Waals surface area contributed by atoms with Gasteiger partial charge in [0.15, 0.2) is 0 Å². The Labute approximate surface area is 221 Å². The molecule has 0 radical (unpaired) electrons. The lowest BCUT2D eigenvalue weighted by Gasteiger charge is -2.27. The standard InChI is InChI=1S/C26H26F4N6O3/c27-17-5-6-18(21(30)14-17)23-16(15-39-26(38)33-10-13-35-11-8-32-9-12-35)4-7-22(34-23)36(25(31)37)24-19(28)2-1-3-20(24)29/h1-7,14,32H,8-13,15H2,(H2,31,37)(H,33,38). The number of carbonyl (C=O) groups is 2. The average molecular weight is 547 g/mol. The minimum absolute atomic E-state index is 0.151. The molecule has 1 aliphatic rings. The number of carbonyl (C=O) groups excluding carboxylic acids is 2. The molecule has 1 aliphatic heterocycles. The fraction of sp³-hybridized carbons (Fsp3) is 0.269. The summed E-state index contributed by atoms with van der Waals surface area (Å²) in [6.07, 6.45) is -0.730. The van der Waals surface area contributed by atoms with Crippen molar-refractivity contribution in [1.29, 1.82) is 0 Å². The van der Waals surface area contributed by atoms with Gasteiger partial charge >= 0.3 is 12.1 Å². The van der Waals surface area contributed by atoms with Crippen LogP contribution in [0.15, 0.2) is 48.5 Å². The van der Waals surface area contributed by atoms with E-state index in [1.165, 1.54) is 12.1 Å². The fourth-order valence-electron chi connectivity index (χ4n) is 4.12. The minimum atomic E-state index is -1.26. The van der Waals surface area contributed by atoms with Crippen LogP contribution in [0.3, 0.4) is 0 Å². The van der Waals surface area contributed by atoms with Crippen LogP contribution in [0.2, 0.25) is 0 Å². The van der Waals surface area contributed by atoms with Gasteiger partial charge in [0.05, 0.1) is 5.69 Å². The molecule has 39 heavy (non-hydrogen) atoms. The summed E-state index contributed by atoms with van der Waals surface area (Å²) in [5.74, 6) is -4.36. The van der Waals surface area contributed by atoms with E-state index in [1.807, 2.05) is 0 Å². The number of nitrogens with zero attached hydrogens (tertiary/aromatic N) is 3. The van der Waals surface area contributed by atoms with Crippen LogP contribution in [-0.4, -0.2) is 61.3 Å². The van der Waals surface area contributed by atoms with Gasteiger partial charge in [-0.25, -0.2) is 37.0 Å². The second kappa shape index (κ2) is 12.5. The van der Waals surface area contributed by atoms with E-state index in [4.69, 9.17) is 10.5 Å². The zero-order chi connectivity index (χ0) is 27.9. The average Bonchev–Trinajstić information content (AvgIpc) is 2.90. The minimum Gasteiger partial charge on any atom is -0.445 e. The topological polar surface area (TPSA) is 113 Å². The number of halogens is 4. The molecule has 0 spiro atoms. The van der Waals surface area contributed by atoms with Crippen LogP contribution in [0, 0.1) is 23.3 Å². The Morgan fingerprint density at radius 2 is 1.74 bits per heavy atom. The van der Waals surface area contributed by atoms with E-state index in [0.29, 0.717) is 24.1 Å². The second-order valence-corrected chi connectivity index (χ2v) is 8.64. The van der Waals surface area contributed by atoms with Gasteiger partial charge in [-0.05, 0) is 36.4 Å².